The first kappa shape index (κ1) is 18.7. The lowest BCUT2D eigenvalue weighted by Crippen LogP contribution is -2.11. The summed E-state index contributed by atoms with van der Waals surface area (Å²) in [6.45, 7) is 4.17. The van der Waals surface area contributed by atoms with Crippen molar-refractivity contribution in [3.05, 3.63) is 63.3 Å². The summed E-state index contributed by atoms with van der Waals surface area (Å²) in [5.74, 6) is 0.426. The number of rotatable bonds is 4. The van der Waals surface area contributed by atoms with Gasteiger partial charge in [-0.1, -0.05) is 12.1 Å². The maximum Gasteiger partial charge on any atom is 0.359 e. The van der Waals surface area contributed by atoms with Crippen LogP contribution in [0.25, 0.3) is 16.9 Å². The van der Waals surface area contributed by atoms with E-state index >= 15 is 0 Å². The van der Waals surface area contributed by atoms with Gasteiger partial charge in [-0.15, -0.1) is 0 Å². The first-order valence-corrected chi connectivity index (χ1v) is 10.1. The molecule has 0 spiro atoms. The minimum absolute atomic E-state index is 0.324. The first-order valence-electron chi connectivity index (χ1n) is 9.26. The van der Waals surface area contributed by atoms with Crippen molar-refractivity contribution in [2.45, 2.75) is 26.7 Å². The zero-order valence-electron chi connectivity index (χ0n) is 16.1. The van der Waals surface area contributed by atoms with Crippen molar-refractivity contribution in [2.75, 3.05) is 13.7 Å². The Bertz CT molecular complexity index is 1070. The molecule has 5 nitrogen and oxygen atoms in total. The van der Waals surface area contributed by atoms with Crippen LogP contribution in [0, 0.1) is 6.92 Å². The fraction of sp³-hybridized carbons (Fsp3) is 0.273. The van der Waals surface area contributed by atoms with E-state index in [1.807, 2.05) is 29.8 Å². The van der Waals surface area contributed by atoms with Gasteiger partial charge in [0.2, 0.25) is 0 Å². The van der Waals surface area contributed by atoms with Crippen LogP contribution in [0.15, 0.2) is 40.9 Å². The van der Waals surface area contributed by atoms with Crippen molar-refractivity contribution in [2.24, 2.45) is 0 Å². The van der Waals surface area contributed by atoms with E-state index in [2.05, 4.69) is 39.2 Å². The Hall–Kier alpha value is -2.60. The van der Waals surface area contributed by atoms with Gasteiger partial charge in [-0.2, -0.15) is 5.10 Å². The van der Waals surface area contributed by atoms with E-state index in [-0.39, 0.29) is 5.97 Å². The van der Waals surface area contributed by atoms with Crippen molar-refractivity contribution in [1.82, 2.24) is 9.78 Å². The Kier molecular flexibility index (Phi) is 4.98. The lowest BCUT2D eigenvalue weighted by molar-refractivity contribution is 0.0517. The van der Waals surface area contributed by atoms with Crippen LogP contribution in [0.5, 0.6) is 5.75 Å². The van der Waals surface area contributed by atoms with E-state index in [0.717, 1.165) is 51.1 Å². The molecule has 0 saturated carbocycles. The van der Waals surface area contributed by atoms with Gasteiger partial charge in [0, 0.05) is 11.1 Å². The van der Waals surface area contributed by atoms with E-state index in [1.165, 1.54) is 5.56 Å². The summed E-state index contributed by atoms with van der Waals surface area (Å²) in [7, 11) is 1.66. The topological polar surface area (TPSA) is 53.3 Å². The smallest absolute Gasteiger partial charge is 0.359 e. The molecule has 0 unspecified atom stereocenters. The number of benzene rings is 2. The molecule has 0 radical (unpaired) electrons. The molecule has 3 aromatic rings. The van der Waals surface area contributed by atoms with Crippen molar-refractivity contribution in [1.29, 1.82) is 0 Å². The average Bonchev–Trinajstić information content (AvgIpc) is 3.08. The van der Waals surface area contributed by atoms with E-state index in [0.29, 0.717) is 12.3 Å². The predicted molar refractivity (Wildman–Crippen MR) is 111 cm³/mol. The highest BCUT2D eigenvalue weighted by Crippen LogP contribution is 2.41. The fourth-order valence-electron chi connectivity index (χ4n) is 3.71. The van der Waals surface area contributed by atoms with Crippen molar-refractivity contribution in [3.8, 4) is 22.7 Å². The van der Waals surface area contributed by atoms with Gasteiger partial charge in [0.05, 0.1) is 29.6 Å². The van der Waals surface area contributed by atoms with Crippen LogP contribution in [0.3, 0.4) is 0 Å². The minimum atomic E-state index is -0.374. The number of methoxy groups -OCH3 is 1. The average molecular weight is 441 g/mol. The molecule has 0 fully saturated rings. The summed E-state index contributed by atoms with van der Waals surface area (Å²) in [4.78, 5) is 12.6. The maximum absolute atomic E-state index is 12.6. The SMILES string of the molecule is CCOC(=O)c1nn(-c2cccc(C)c2)c2c1CCc1cc(OC)c(Br)cc1-2. The van der Waals surface area contributed by atoms with Gasteiger partial charge in [0.15, 0.2) is 5.69 Å². The molecule has 0 bridgehead atoms. The van der Waals surface area contributed by atoms with E-state index in [4.69, 9.17) is 9.47 Å². The maximum atomic E-state index is 12.6. The summed E-state index contributed by atoms with van der Waals surface area (Å²) >= 11 is 3.59. The van der Waals surface area contributed by atoms with Crippen LogP contribution in [-0.4, -0.2) is 29.5 Å². The van der Waals surface area contributed by atoms with Crippen LogP contribution >= 0.6 is 15.9 Å². The Morgan fingerprint density at radius 2 is 2.07 bits per heavy atom. The van der Waals surface area contributed by atoms with Crippen molar-refractivity contribution in [3.63, 3.8) is 0 Å². The molecule has 0 aliphatic heterocycles. The molecule has 0 saturated heterocycles. The minimum Gasteiger partial charge on any atom is -0.496 e. The van der Waals surface area contributed by atoms with Crippen LogP contribution in [0.4, 0.5) is 0 Å². The third-order valence-electron chi connectivity index (χ3n) is 4.98. The number of ether oxygens (including phenoxy) is 2. The highest BCUT2D eigenvalue weighted by Gasteiger charge is 2.30. The second-order valence-electron chi connectivity index (χ2n) is 6.79. The highest BCUT2D eigenvalue weighted by atomic mass is 79.9. The Balaban J connectivity index is 1.98. The Morgan fingerprint density at radius 3 is 2.79 bits per heavy atom. The van der Waals surface area contributed by atoms with Gasteiger partial charge in [-0.05, 0) is 78.0 Å². The number of aromatic nitrogens is 2. The molecule has 4 rings (SSSR count). The molecule has 1 aromatic heterocycles. The number of carbonyl (C=O) groups is 1. The number of aryl methyl sites for hydroxylation is 2. The van der Waals surface area contributed by atoms with Crippen LogP contribution in [0.2, 0.25) is 0 Å². The van der Waals surface area contributed by atoms with Crippen LogP contribution < -0.4 is 4.74 Å². The number of hydrogen-bond donors (Lipinski definition) is 0. The lowest BCUT2D eigenvalue weighted by atomic mass is 9.88. The zero-order chi connectivity index (χ0) is 19.8. The monoisotopic (exact) mass is 440 g/mol. The summed E-state index contributed by atoms with van der Waals surface area (Å²) < 4.78 is 13.5. The summed E-state index contributed by atoms with van der Waals surface area (Å²) in [5, 5.41) is 4.69. The fourth-order valence-corrected chi connectivity index (χ4v) is 4.22. The summed E-state index contributed by atoms with van der Waals surface area (Å²) in [6.07, 6.45) is 1.55. The largest absolute Gasteiger partial charge is 0.496 e. The number of carbonyl (C=O) groups excluding carboxylic acids is 1. The molecular formula is C22H21BrN2O3. The number of hydrogen-bond acceptors (Lipinski definition) is 4. The standard InChI is InChI=1S/C22H21BrN2O3/c1-4-28-22(26)20-16-9-8-14-11-19(27-3)18(23)12-17(14)21(16)25(24-20)15-7-5-6-13(2)10-15/h5-7,10-12H,4,8-9H2,1-3H3. The predicted octanol–water partition coefficient (Wildman–Crippen LogP) is 4.89. The quantitative estimate of drug-likeness (QED) is 0.541. The second kappa shape index (κ2) is 7.43. The van der Waals surface area contributed by atoms with Crippen molar-refractivity contribution >= 4 is 21.9 Å². The molecule has 0 amide bonds. The highest BCUT2D eigenvalue weighted by molar-refractivity contribution is 9.10. The zero-order valence-corrected chi connectivity index (χ0v) is 17.7. The van der Waals surface area contributed by atoms with Crippen LogP contribution in [0.1, 0.15) is 34.1 Å². The Morgan fingerprint density at radius 1 is 1.25 bits per heavy atom. The number of nitrogens with zero attached hydrogens (tertiary/aromatic N) is 2. The van der Waals surface area contributed by atoms with Gasteiger partial charge >= 0.3 is 5.97 Å². The number of fused-ring (bicyclic) bond motifs is 3. The van der Waals surface area contributed by atoms with E-state index in [9.17, 15) is 4.79 Å². The Labute approximate surface area is 172 Å². The molecule has 0 N–H and O–H groups in total. The molecule has 1 heterocycles. The van der Waals surface area contributed by atoms with Gasteiger partial charge in [0.25, 0.3) is 0 Å². The second-order valence-corrected chi connectivity index (χ2v) is 7.65. The summed E-state index contributed by atoms with van der Waals surface area (Å²) in [6, 6.07) is 12.2. The molecule has 1 aliphatic rings. The molecule has 6 heteroatoms. The molecule has 28 heavy (non-hydrogen) atoms. The van der Waals surface area contributed by atoms with Crippen molar-refractivity contribution < 1.29 is 14.3 Å². The van der Waals surface area contributed by atoms with Gasteiger partial charge in [-0.25, -0.2) is 9.48 Å². The lowest BCUT2D eigenvalue weighted by Gasteiger charge is -2.20. The number of halogens is 1. The van der Waals surface area contributed by atoms with Gasteiger partial charge in [0.1, 0.15) is 5.75 Å². The molecule has 2 aromatic carbocycles. The number of esters is 1. The molecule has 144 valence electrons. The normalized spacial score (nSPS) is 12.3. The van der Waals surface area contributed by atoms with E-state index < -0.39 is 0 Å². The third kappa shape index (κ3) is 3.11. The van der Waals surface area contributed by atoms with Gasteiger partial charge < -0.3 is 9.47 Å². The molecule has 0 atom stereocenters. The molecular weight excluding hydrogens is 420 g/mol. The molecule has 1 aliphatic carbocycles. The van der Waals surface area contributed by atoms with Crippen LogP contribution in [-0.2, 0) is 17.6 Å². The third-order valence-corrected chi connectivity index (χ3v) is 5.60. The van der Waals surface area contributed by atoms with Gasteiger partial charge in [-0.3, -0.25) is 0 Å². The van der Waals surface area contributed by atoms with E-state index in [1.54, 1.807) is 14.0 Å². The first-order chi connectivity index (χ1) is 13.5. The summed E-state index contributed by atoms with van der Waals surface area (Å²) in [5.41, 5.74) is 6.56.